The van der Waals surface area contributed by atoms with Crippen LogP contribution >= 0.6 is 59.1 Å². The van der Waals surface area contributed by atoms with Gasteiger partial charge in [0.05, 0.1) is 47.1 Å². The van der Waals surface area contributed by atoms with Crippen molar-refractivity contribution in [3.8, 4) is 17.2 Å². The molecule has 1 aromatic heterocycles. The Hall–Kier alpha value is -3.19. The number of aromatic nitrogens is 1. The molecule has 0 saturated carbocycles. The van der Waals surface area contributed by atoms with E-state index in [-0.39, 0.29) is 17.7 Å². The number of halogens is 3. The lowest BCUT2D eigenvalue weighted by Gasteiger charge is -2.26. The molecule has 0 spiro atoms. The highest BCUT2D eigenvalue weighted by Gasteiger charge is 2.35. The van der Waals surface area contributed by atoms with Crippen LogP contribution in [0.4, 0.5) is 0 Å². The van der Waals surface area contributed by atoms with Crippen LogP contribution in [0.2, 0.25) is 0 Å². The van der Waals surface area contributed by atoms with Crippen LogP contribution in [0.3, 0.4) is 0 Å². The largest absolute Gasteiger partial charge is 0.493 e. The van der Waals surface area contributed by atoms with Crippen molar-refractivity contribution in [3.63, 3.8) is 0 Å². The first-order valence-corrected chi connectivity index (χ1v) is 16.6. The van der Waals surface area contributed by atoms with Gasteiger partial charge in [-0.15, -0.1) is 0 Å². The fourth-order valence-corrected chi connectivity index (χ4v) is 7.83. The summed E-state index contributed by atoms with van der Waals surface area (Å²) in [5.74, 6) is 0.981. The number of nitrogens with zero attached hydrogens (tertiary/aromatic N) is 2. The van der Waals surface area contributed by atoms with Gasteiger partial charge in [-0.05, 0) is 71.2 Å². The summed E-state index contributed by atoms with van der Waals surface area (Å²) < 4.78 is 26.8. The van der Waals surface area contributed by atoms with Gasteiger partial charge in [-0.25, -0.2) is 9.79 Å². The van der Waals surface area contributed by atoms with Crippen molar-refractivity contribution in [1.29, 1.82) is 0 Å². The highest BCUT2D eigenvalue weighted by molar-refractivity contribution is 9.11. The zero-order chi connectivity index (χ0) is 31.5. The zero-order valence-corrected chi connectivity index (χ0v) is 29.7. The molecule has 12 heteroatoms. The molecule has 1 aliphatic heterocycles. The molecule has 2 heterocycles. The van der Waals surface area contributed by atoms with Crippen molar-refractivity contribution >= 4 is 71.2 Å². The van der Waals surface area contributed by atoms with E-state index < -0.39 is 12.0 Å². The van der Waals surface area contributed by atoms with Crippen LogP contribution in [0.15, 0.2) is 89.1 Å². The Kier molecular flexibility index (Phi) is 10.1. The van der Waals surface area contributed by atoms with Gasteiger partial charge in [-0.3, -0.25) is 9.36 Å². The van der Waals surface area contributed by atoms with Gasteiger partial charge < -0.3 is 18.9 Å². The summed E-state index contributed by atoms with van der Waals surface area (Å²) >= 11 is 12.0. The Morgan fingerprint density at radius 2 is 1.73 bits per heavy atom. The molecule has 4 aromatic rings. The average molecular weight is 807 g/mol. The standard InChI is InChI=1S/C32H27Br3N2O6S/c1-5-42-31(39)27-17(2)36-32-37(28(27)21-14-24(40-3)25(41-4)15-22(21)34)30(38)26(44-32)12-19-11-20(33)13-23(35)29(19)43-16-18-9-7-6-8-10-18/h6-15,28H,5,16H2,1-4H3/b26-12-/t28-/m1/s1. The summed E-state index contributed by atoms with van der Waals surface area (Å²) in [7, 11) is 3.07. The molecule has 228 valence electrons. The number of rotatable bonds is 9. The van der Waals surface area contributed by atoms with Crippen LogP contribution < -0.4 is 29.1 Å². The minimum Gasteiger partial charge on any atom is -0.493 e. The number of benzene rings is 3. The highest BCUT2D eigenvalue weighted by Crippen LogP contribution is 2.41. The summed E-state index contributed by atoms with van der Waals surface area (Å²) in [6, 6.07) is 16.3. The number of thiazole rings is 1. The van der Waals surface area contributed by atoms with Gasteiger partial charge in [0.2, 0.25) is 0 Å². The van der Waals surface area contributed by atoms with E-state index in [1.165, 1.54) is 23.0 Å². The van der Waals surface area contributed by atoms with Crippen molar-refractivity contribution in [1.82, 2.24) is 4.57 Å². The molecule has 1 aliphatic rings. The number of hydrogen-bond donors (Lipinski definition) is 0. The number of esters is 1. The average Bonchev–Trinajstić information content (AvgIpc) is 3.30. The second-order valence-electron chi connectivity index (χ2n) is 9.61. The van der Waals surface area contributed by atoms with E-state index in [4.69, 9.17) is 18.9 Å². The molecule has 0 unspecified atom stereocenters. The van der Waals surface area contributed by atoms with Crippen molar-refractivity contribution < 1.29 is 23.7 Å². The topological polar surface area (TPSA) is 88.4 Å². The van der Waals surface area contributed by atoms with Crippen molar-refractivity contribution in [2.45, 2.75) is 26.5 Å². The van der Waals surface area contributed by atoms with Gasteiger partial charge >= 0.3 is 5.97 Å². The number of methoxy groups -OCH3 is 2. The van der Waals surface area contributed by atoms with Gasteiger partial charge in [-0.2, -0.15) is 0 Å². The maximum absolute atomic E-state index is 14.3. The fourth-order valence-electron chi connectivity index (χ4n) is 4.88. The summed E-state index contributed by atoms with van der Waals surface area (Å²) in [5, 5.41) is 0. The summed E-state index contributed by atoms with van der Waals surface area (Å²) in [6.07, 6.45) is 1.78. The number of ether oxygens (including phenoxy) is 4. The fraction of sp³-hybridized carbons (Fsp3) is 0.219. The molecule has 1 atom stereocenters. The minimum atomic E-state index is -0.843. The smallest absolute Gasteiger partial charge is 0.338 e. The molecule has 0 bridgehead atoms. The van der Waals surface area contributed by atoms with Crippen molar-refractivity contribution in [2.75, 3.05) is 20.8 Å². The number of carbonyl (C=O) groups excluding carboxylic acids is 1. The SMILES string of the molecule is CCOC(=O)C1=C(C)N=c2s/c(=C\c3cc(Br)cc(Br)c3OCc3ccccc3)c(=O)n2[C@@H]1c1cc(OC)c(OC)cc1Br. The number of hydrogen-bond acceptors (Lipinski definition) is 8. The van der Waals surface area contributed by atoms with Crippen LogP contribution in [-0.4, -0.2) is 31.4 Å². The van der Waals surface area contributed by atoms with Gasteiger partial charge in [0.1, 0.15) is 12.4 Å². The molecule has 0 aliphatic carbocycles. The van der Waals surface area contributed by atoms with Gasteiger partial charge in [0.25, 0.3) is 5.56 Å². The monoisotopic (exact) mass is 804 g/mol. The number of carbonyl (C=O) groups is 1. The Labute approximate surface area is 283 Å². The Balaban J connectivity index is 1.71. The molecular weight excluding hydrogens is 780 g/mol. The second kappa shape index (κ2) is 13.8. The first-order valence-electron chi connectivity index (χ1n) is 13.4. The first kappa shape index (κ1) is 32.2. The molecular formula is C32H27Br3N2O6S. The van der Waals surface area contributed by atoms with E-state index >= 15 is 0 Å². The van der Waals surface area contributed by atoms with Gasteiger partial charge in [-0.1, -0.05) is 73.5 Å². The van der Waals surface area contributed by atoms with Crippen molar-refractivity contribution in [2.24, 2.45) is 4.99 Å². The maximum atomic E-state index is 14.3. The quantitative estimate of drug-likeness (QED) is 0.176. The predicted octanol–water partition coefficient (Wildman–Crippen LogP) is 6.68. The lowest BCUT2D eigenvalue weighted by Crippen LogP contribution is -2.40. The van der Waals surface area contributed by atoms with Crippen LogP contribution in [-0.2, 0) is 16.1 Å². The van der Waals surface area contributed by atoms with E-state index in [1.54, 1.807) is 39.2 Å². The van der Waals surface area contributed by atoms with E-state index in [1.807, 2.05) is 42.5 Å². The number of fused-ring (bicyclic) bond motifs is 1. The van der Waals surface area contributed by atoms with Gasteiger partial charge in [0, 0.05) is 14.5 Å². The summed E-state index contributed by atoms with van der Waals surface area (Å²) in [6.45, 7) is 3.99. The third-order valence-electron chi connectivity index (χ3n) is 6.86. The van der Waals surface area contributed by atoms with Gasteiger partial charge in [0.15, 0.2) is 16.3 Å². The van der Waals surface area contributed by atoms with E-state index in [9.17, 15) is 9.59 Å². The molecule has 3 aromatic carbocycles. The van der Waals surface area contributed by atoms with Crippen LogP contribution in [0.5, 0.6) is 17.2 Å². The Bertz CT molecular complexity index is 1950. The summed E-state index contributed by atoms with van der Waals surface area (Å²) in [5.41, 5.74) is 2.72. The summed E-state index contributed by atoms with van der Waals surface area (Å²) in [4.78, 5) is 32.7. The molecule has 0 radical (unpaired) electrons. The lowest BCUT2D eigenvalue weighted by molar-refractivity contribution is -0.139. The molecule has 0 saturated heterocycles. The molecule has 8 nitrogen and oxygen atoms in total. The highest BCUT2D eigenvalue weighted by atomic mass is 79.9. The van der Waals surface area contributed by atoms with Crippen LogP contribution in [0.1, 0.15) is 36.6 Å². The molecule has 44 heavy (non-hydrogen) atoms. The second-order valence-corrected chi connectivity index (χ2v) is 13.2. The van der Waals surface area contributed by atoms with Crippen LogP contribution in [0, 0.1) is 0 Å². The predicted molar refractivity (Wildman–Crippen MR) is 180 cm³/mol. The first-order chi connectivity index (χ1) is 21.2. The molecule has 0 N–H and O–H groups in total. The molecule has 0 fully saturated rings. The van der Waals surface area contributed by atoms with E-state index in [0.29, 0.717) is 54.5 Å². The van der Waals surface area contributed by atoms with E-state index in [2.05, 4.69) is 52.8 Å². The van der Waals surface area contributed by atoms with Crippen LogP contribution in [0.25, 0.3) is 6.08 Å². The molecule has 0 amide bonds. The normalized spacial score (nSPS) is 14.6. The molecule has 5 rings (SSSR count). The third kappa shape index (κ3) is 6.44. The minimum absolute atomic E-state index is 0.170. The van der Waals surface area contributed by atoms with Crippen molar-refractivity contribution in [3.05, 3.63) is 116 Å². The zero-order valence-electron chi connectivity index (χ0n) is 24.2. The lowest BCUT2D eigenvalue weighted by atomic mass is 9.95. The number of allylic oxidation sites excluding steroid dienone is 1. The third-order valence-corrected chi connectivity index (χ3v) is 9.58. The Morgan fingerprint density at radius 3 is 2.41 bits per heavy atom. The maximum Gasteiger partial charge on any atom is 0.338 e. The Morgan fingerprint density at radius 1 is 1.02 bits per heavy atom. The van der Waals surface area contributed by atoms with E-state index in [0.717, 1.165) is 14.5 Å².